The summed E-state index contributed by atoms with van der Waals surface area (Å²) in [5.41, 5.74) is 2.77. The van der Waals surface area contributed by atoms with Crippen molar-refractivity contribution in [1.29, 1.82) is 0 Å². The average molecular weight is 289 g/mol. The van der Waals surface area contributed by atoms with Crippen molar-refractivity contribution >= 4 is 27.5 Å². The van der Waals surface area contributed by atoms with Crippen LogP contribution >= 0.6 is 27.5 Å². The summed E-state index contributed by atoms with van der Waals surface area (Å²) in [6, 6.07) is 4.52. The molecule has 1 atom stereocenters. The molecule has 0 fully saturated rings. The number of hydrogen-bond acceptors (Lipinski definition) is 1. The third-order valence-electron chi connectivity index (χ3n) is 2.94. The van der Waals surface area contributed by atoms with Crippen LogP contribution in [0.25, 0.3) is 0 Å². The lowest BCUT2D eigenvalue weighted by atomic mass is 9.88. The van der Waals surface area contributed by atoms with Gasteiger partial charge in [-0.15, -0.1) is 0 Å². The van der Waals surface area contributed by atoms with E-state index in [2.05, 4.69) is 41.2 Å². The highest BCUT2D eigenvalue weighted by Crippen LogP contribution is 2.35. The van der Waals surface area contributed by atoms with Gasteiger partial charge in [0.05, 0.1) is 0 Å². The topological polar surface area (TPSA) is 12.0 Å². The van der Waals surface area contributed by atoms with E-state index in [1.165, 1.54) is 11.1 Å². The van der Waals surface area contributed by atoms with E-state index in [-0.39, 0.29) is 0 Å². The molecule has 1 nitrogen and oxygen atoms in total. The largest absolute Gasteiger partial charge is 0.309 e. The van der Waals surface area contributed by atoms with Crippen LogP contribution in [0.4, 0.5) is 0 Å². The first kappa shape index (κ1) is 11.4. The fraction of sp³-hybridized carbons (Fsp3) is 0.500. The van der Waals surface area contributed by atoms with Crippen LogP contribution in [-0.2, 0) is 6.42 Å². The minimum atomic E-state index is 0.434. The van der Waals surface area contributed by atoms with Crippen LogP contribution in [0, 0.1) is 5.92 Å². The summed E-state index contributed by atoms with van der Waals surface area (Å²) >= 11 is 9.69. The van der Waals surface area contributed by atoms with E-state index in [0.29, 0.717) is 12.0 Å². The number of hydrogen-bond donors (Lipinski definition) is 1. The first-order valence-corrected chi connectivity index (χ1v) is 6.48. The van der Waals surface area contributed by atoms with Crippen molar-refractivity contribution in [3.8, 4) is 0 Å². The van der Waals surface area contributed by atoms with Gasteiger partial charge in [0.2, 0.25) is 0 Å². The molecule has 1 aromatic carbocycles. The van der Waals surface area contributed by atoms with Crippen LogP contribution in [-0.4, -0.2) is 6.54 Å². The van der Waals surface area contributed by atoms with Gasteiger partial charge in [0.1, 0.15) is 0 Å². The maximum absolute atomic E-state index is 6.09. The summed E-state index contributed by atoms with van der Waals surface area (Å²) in [5, 5.41) is 4.36. The average Bonchev–Trinajstić information content (AvgIpc) is 2.16. The van der Waals surface area contributed by atoms with E-state index in [4.69, 9.17) is 11.6 Å². The highest BCUT2D eigenvalue weighted by molar-refractivity contribution is 9.10. The van der Waals surface area contributed by atoms with Crippen molar-refractivity contribution in [1.82, 2.24) is 5.32 Å². The van der Waals surface area contributed by atoms with Gasteiger partial charge >= 0.3 is 0 Å². The molecule has 0 radical (unpaired) electrons. The van der Waals surface area contributed by atoms with Crippen molar-refractivity contribution in [3.63, 3.8) is 0 Å². The summed E-state index contributed by atoms with van der Waals surface area (Å²) in [6.07, 6.45) is 1.08. The van der Waals surface area contributed by atoms with Crippen LogP contribution in [0.1, 0.15) is 31.0 Å². The Morgan fingerprint density at radius 1 is 1.47 bits per heavy atom. The zero-order chi connectivity index (χ0) is 11.0. The number of benzene rings is 1. The van der Waals surface area contributed by atoms with Gasteiger partial charge in [-0.2, -0.15) is 0 Å². The second-order valence-electron chi connectivity index (χ2n) is 4.38. The Balaban J connectivity index is 2.50. The van der Waals surface area contributed by atoms with Gasteiger partial charge < -0.3 is 5.32 Å². The molecule has 1 N–H and O–H groups in total. The minimum absolute atomic E-state index is 0.434. The molecule has 0 saturated heterocycles. The van der Waals surface area contributed by atoms with Gasteiger partial charge in [-0.25, -0.2) is 0 Å². The second kappa shape index (κ2) is 4.44. The number of fused-ring (bicyclic) bond motifs is 1. The first-order chi connectivity index (χ1) is 7.09. The van der Waals surface area contributed by atoms with Crippen molar-refractivity contribution < 1.29 is 0 Å². The Hall–Kier alpha value is -0.0500. The zero-order valence-corrected chi connectivity index (χ0v) is 11.3. The summed E-state index contributed by atoms with van der Waals surface area (Å²) in [5.74, 6) is 0.592. The van der Waals surface area contributed by atoms with Crippen molar-refractivity contribution in [3.05, 3.63) is 32.8 Å². The molecule has 1 unspecified atom stereocenters. The predicted octanol–water partition coefficient (Wildman–Crippen LogP) is 3.95. The zero-order valence-electron chi connectivity index (χ0n) is 8.98. The molecule has 1 aromatic rings. The molecule has 2 rings (SSSR count). The number of rotatable bonds is 1. The Bertz CT molecular complexity index is 376. The fourth-order valence-electron chi connectivity index (χ4n) is 2.22. The maximum atomic E-state index is 6.09. The molecule has 0 amide bonds. The van der Waals surface area contributed by atoms with Gasteiger partial charge in [0.25, 0.3) is 0 Å². The van der Waals surface area contributed by atoms with E-state index in [1.54, 1.807) is 0 Å². The molecule has 3 heteroatoms. The van der Waals surface area contributed by atoms with E-state index < -0.39 is 0 Å². The minimum Gasteiger partial charge on any atom is -0.309 e. The summed E-state index contributed by atoms with van der Waals surface area (Å²) in [6.45, 7) is 5.53. The third-order valence-corrected chi connectivity index (χ3v) is 3.86. The molecular formula is C12H15BrClN. The smallest absolute Gasteiger partial charge is 0.0420 e. The van der Waals surface area contributed by atoms with E-state index in [1.807, 2.05) is 6.07 Å². The molecular weight excluding hydrogens is 273 g/mol. The maximum Gasteiger partial charge on any atom is 0.0420 e. The molecule has 0 bridgehead atoms. The molecule has 0 aromatic heterocycles. The van der Waals surface area contributed by atoms with Crippen molar-refractivity contribution in [2.45, 2.75) is 26.3 Å². The molecule has 1 heterocycles. The van der Waals surface area contributed by atoms with Crippen LogP contribution in [0.15, 0.2) is 16.6 Å². The molecule has 15 heavy (non-hydrogen) atoms. The summed E-state index contributed by atoms with van der Waals surface area (Å²) in [4.78, 5) is 0. The monoisotopic (exact) mass is 287 g/mol. The first-order valence-electron chi connectivity index (χ1n) is 5.31. The fourth-order valence-corrected chi connectivity index (χ4v) is 3.25. The molecule has 0 spiro atoms. The lowest BCUT2D eigenvalue weighted by Crippen LogP contribution is -2.33. The molecule has 0 aliphatic carbocycles. The highest BCUT2D eigenvalue weighted by Gasteiger charge is 2.24. The molecule has 82 valence electrons. The highest BCUT2D eigenvalue weighted by atomic mass is 79.9. The number of nitrogens with one attached hydrogen (secondary N) is 1. The quantitative estimate of drug-likeness (QED) is 0.825. The molecule has 1 aliphatic heterocycles. The van der Waals surface area contributed by atoms with Crippen molar-refractivity contribution in [2.75, 3.05) is 6.54 Å². The van der Waals surface area contributed by atoms with Crippen molar-refractivity contribution in [2.24, 2.45) is 5.92 Å². The Morgan fingerprint density at radius 3 is 2.87 bits per heavy atom. The third kappa shape index (κ3) is 2.22. The van der Waals surface area contributed by atoms with E-state index in [9.17, 15) is 0 Å². The molecule has 0 saturated carbocycles. The van der Waals surface area contributed by atoms with E-state index >= 15 is 0 Å². The Morgan fingerprint density at radius 2 is 2.20 bits per heavy atom. The van der Waals surface area contributed by atoms with Gasteiger partial charge in [0.15, 0.2) is 0 Å². The van der Waals surface area contributed by atoms with Gasteiger partial charge in [-0.3, -0.25) is 0 Å². The number of halogens is 2. The van der Waals surface area contributed by atoms with Gasteiger partial charge in [0, 0.05) is 15.5 Å². The van der Waals surface area contributed by atoms with Gasteiger partial charge in [-0.05, 0) is 42.1 Å². The van der Waals surface area contributed by atoms with E-state index in [0.717, 1.165) is 22.5 Å². The predicted molar refractivity (Wildman–Crippen MR) is 68.4 cm³/mol. The lowest BCUT2D eigenvalue weighted by molar-refractivity contribution is 0.395. The van der Waals surface area contributed by atoms with Crippen LogP contribution in [0.3, 0.4) is 0 Å². The van der Waals surface area contributed by atoms with Gasteiger partial charge in [-0.1, -0.05) is 41.4 Å². The standard InChI is InChI=1S/C12H15BrClN/c1-7(2)12-10-5-8(14)6-11(13)9(10)3-4-15-12/h5-7,12,15H,3-4H2,1-2H3. The lowest BCUT2D eigenvalue weighted by Gasteiger charge is -2.30. The summed E-state index contributed by atoms with van der Waals surface area (Å²) < 4.78 is 1.15. The van der Waals surface area contributed by atoms with Crippen LogP contribution < -0.4 is 5.32 Å². The Kier molecular flexibility index (Phi) is 3.39. The SMILES string of the molecule is CC(C)C1NCCc2c(Br)cc(Cl)cc21. The van der Waals surface area contributed by atoms with Crippen LogP contribution in [0.2, 0.25) is 5.02 Å². The summed E-state index contributed by atoms with van der Waals surface area (Å²) in [7, 11) is 0. The Labute approximate surface area is 104 Å². The molecule has 1 aliphatic rings. The van der Waals surface area contributed by atoms with Crippen LogP contribution in [0.5, 0.6) is 0 Å². The normalized spacial score (nSPS) is 20.5. The second-order valence-corrected chi connectivity index (χ2v) is 5.67.